The van der Waals surface area contributed by atoms with Crippen molar-refractivity contribution in [3.05, 3.63) is 40.9 Å². The molecular formula is C11H12N6O2. The molecule has 1 aromatic heterocycles. The summed E-state index contributed by atoms with van der Waals surface area (Å²) in [6.07, 6.45) is 0.880. The third-order valence-electron chi connectivity index (χ3n) is 2.36. The van der Waals surface area contributed by atoms with Gasteiger partial charge >= 0.3 is 0 Å². The van der Waals surface area contributed by atoms with Crippen LogP contribution in [0.5, 0.6) is 5.75 Å². The van der Waals surface area contributed by atoms with Gasteiger partial charge in [-0.2, -0.15) is 0 Å². The lowest BCUT2D eigenvalue weighted by molar-refractivity contribution is 0.114. The molecule has 2 rings (SSSR count). The van der Waals surface area contributed by atoms with Crippen molar-refractivity contribution in [2.24, 2.45) is 5.11 Å². The maximum atomic E-state index is 9.43. The molecule has 0 fully saturated rings. The quantitative estimate of drug-likeness (QED) is 0.464. The largest absolute Gasteiger partial charge is 0.491 e. The highest BCUT2D eigenvalue weighted by molar-refractivity contribution is 5.58. The molecule has 0 bridgehead atoms. The van der Waals surface area contributed by atoms with Crippen LogP contribution in [0.1, 0.15) is 0 Å². The second-order valence-corrected chi connectivity index (χ2v) is 3.76. The van der Waals surface area contributed by atoms with E-state index >= 15 is 0 Å². The second-order valence-electron chi connectivity index (χ2n) is 3.76. The minimum Gasteiger partial charge on any atom is -0.491 e. The smallest absolute Gasteiger partial charge is 0.119 e. The van der Waals surface area contributed by atoms with Gasteiger partial charge in [0.2, 0.25) is 0 Å². The zero-order valence-corrected chi connectivity index (χ0v) is 9.97. The van der Waals surface area contributed by atoms with E-state index in [2.05, 4.69) is 25.4 Å². The average Bonchev–Trinajstić information content (AvgIpc) is 2.97. The maximum Gasteiger partial charge on any atom is 0.119 e. The Bertz CT molecular complexity index is 547. The lowest BCUT2D eigenvalue weighted by Crippen LogP contribution is -2.20. The van der Waals surface area contributed by atoms with Gasteiger partial charge in [-0.15, -0.1) is 5.10 Å². The third kappa shape index (κ3) is 3.70. The van der Waals surface area contributed by atoms with Crippen molar-refractivity contribution >= 4 is 0 Å². The average molecular weight is 260 g/mol. The van der Waals surface area contributed by atoms with Crippen LogP contribution < -0.4 is 4.74 Å². The number of hydrogen-bond acceptors (Lipinski definition) is 5. The fourth-order valence-corrected chi connectivity index (χ4v) is 1.44. The number of benzene rings is 1. The molecule has 1 atom stereocenters. The van der Waals surface area contributed by atoms with Gasteiger partial charge in [-0.3, -0.25) is 5.10 Å². The van der Waals surface area contributed by atoms with Crippen molar-refractivity contribution in [1.29, 1.82) is 0 Å². The molecule has 1 unspecified atom stereocenters. The number of aliphatic hydroxyl groups is 1. The molecule has 0 aliphatic heterocycles. The van der Waals surface area contributed by atoms with Crippen molar-refractivity contribution in [1.82, 2.24) is 15.4 Å². The first-order chi connectivity index (χ1) is 9.29. The molecule has 8 heteroatoms. The Labute approximate surface area is 108 Å². The molecule has 0 radical (unpaired) electrons. The van der Waals surface area contributed by atoms with Gasteiger partial charge in [0.15, 0.2) is 0 Å². The summed E-state index contributed by atoms with van der Waals surface area (Å²) in [5, 5.41) is 22.9. The minimum absolute atomic E-state index is 0.00643. The summed E-state index contributed by atoms with van der Waals surface area (Å²) in [4.78, 5) is 2.56. The SMILES string of the molecule is [N-]=[N+]=NCC(O)COc1ccc(-c2c[nH]nn2)cc1. The molecule has 2 aromatic rings. The summed E-state index contributed by atoms with van der Waals surface area (Å²) in [6, 6.07) is 7.22. The Morgan fingerprint density at radius 3 is 2.84 bits per heavy atom. The van der Waals surface area contributed by atoms with E-state index in [0.717, 1.165) is 11.3 Å². The number of ether oxygens (including phenoxy) is 1. The van der Waals surface area contributed by atoms with Crippen LogP contribution in [0.3, 0.4) is 0 Å². The number of nitrogens with zero attached hydrogens (tertiary/aromatic N) is 5. The predicted octanol–water partition coefficient (Wildman–Crippen LogP) is 1.52. The van der Waals surface area contributed by atoms with E-state index in [9.17, 15) is 5.11 Å². The number of hydrogen-bond donors (Lipinski definition) is 2. The van der Waals surface area contributed by atoms with Gasteiger partial charge < -0.3 is 9.84 Å². The molecule has 1 aromatic carbocycles. The third-order valence-corrected chi connectivity index (χ3v) is 2.36. The monoisotopic (exact) mass is 260 g/mol. The van der Waals surface area contributed by atoms with Crippen molar-refractivity contribution < 1.29 is 9.84 Å². The molecule has 0 aliphatic rings. The van der Waals surface area contributed by atoms with E-state index in [1.807, 2.05) is 12.1 Å². The van der Waals surface area contributed by atoms with Crippen LogP contribution in [0.25, 0.3) is 21.7 Å². The molecule has 1 heterocycles. The number of azide groups is 1. The molecular weight excluding hydrogens is 248 g/mol. The second kappa shape index (κ2) is 6.39. The van der Waals surface area contributed by atoms with Crippen LogP contribution in [0.2, 0.25) is 0 Å². The van der Waals surface area contributed by atoms with Crippen LogP contribution in [-0.4, -0.2) is 39.8 Å². The number of aliphatic hydroxyl groups excluding tert-OH is 1. The first kappa shape index (κ1) is 12.9. The Balaban J connectivity index is 1.90. The summed E-state index contributed by atoms with van der Waals surface area (Å²) < 4.78 is 5.36. The van der Waals surface area contributed by atoms with Crippen molar-refractivity contribution in [2.45, 2.75) is 6.10 Å². The molecule has 8 nitrogen and oxygen atoms in total. The number of aromatic amines is 1. The number of aromatic nitrogens is 3. The summed E-state index contributed by atoms with van der Waals surface area (Å²) in [6.45, 7) is 0.0653. The molecule has 0 amide bonds. The Morgan fingerprint density at radius 1 is 1.42 bits per heavy atom. The van der Waals surface area contributed by atoms with Crippen molar-refractivity contribution in [3.63, 3.8) is 0 Å². The predicted molar refractivity (Wildman–Crippen MR) is 67.3 cm³/mol. The van der Waals surface area contributed by atoms with Gasteiger partial charge in [-0.1, -0.05) is 10.3 Å². The van der Waals surface area contributed by atoms with Crippen LogP contribution in [0.4, 0.5) is 0 Å². The molecule has 0 spiro atoms. The first-order valence-electron chi connectivity index (χ1n) is 5.58. The van der Waals surface area contributed by atoms with Crippen molar-refractivity contribution in [2.75, 3.05) is 13.2 Å². The normalized spacial score (nSPS) is 11.6. The van der Waals surface area contributed by atoms with E-state index in [0.29, 0.717) is 5.75 Å². The van der Waals surface area contributed by atoms with Gasteiger partial charge in [0, 0.05) is 16.7 Å². The van der Waals surface area contributed by atoms with Gasteiger partial charge in [-0.25, -0.2) is 0 Å². The van der Waals surface area contributed by atoms with E-state index in [1.54, 1.807) is 18.3 Å². The first-order valence-corrected chi connectivity index (χ1v) is 5.58. The zero-order valence-electron chi connectivity index (χ0n) is 9.97. The van der Waals surface area contributed by atoms with Gasteiger partial charge in [0.25, 0.3) is 0 Å². The van der Waals surface area contributed by atoms with E-state index in [1.165, 1.54) is 0 Å². The highest BCUT2D eigenvalue weighted by atomic mass is 16.5. The van der Waals surface area contributed by atoms with Gasteiger partial charge in [-0.05, 0) is 29.8 Å². The molecule has 0 saturated carbocycles. The van der Waals surface area contributed by atoms with E-state index < -0.39 is 6.10 Å². The van der Waals surface area contributed by atoms with Crippen LogP contribution >= 0.6 is 0 Å². The van der Waals surface area contributed by atoms with E-state index in [-0.39, 0.29) is 13.2 Å². The minimum atomic E-state index is -0.814. The highest BCUT2D eigenvalue weighted by Gasteiger charge is 2.05. The summed E-state index contributed by atoms with van der Waals surface area (Å²) >= 11 is 0. The number of nitrogens with one attached hydrogen (secondary N) is 1. The fourth-order valence-electron chi connectivity index (χ4n) is 1.44. The highest BCUT2D eigenvalue weighted by Crippen LogP contribution is 2.19. The topological polar surface area (TPSA) is 120 Å². The number of H-pyrrole nitrogens is 1. The molecule has 0 saturated heterocycles. The van der Waals surface area contributed by atoms with E-state index in [4.69, 9.17) is 10.3 Å². The summed E-state index contributed by atoms with van der Waals surface area (Å²) in [5.74, 6) is 0.618. The van der Waals surface area contributed by atoms with Gasteiger partial charge in [0.05, 0.1) is 12.6 Å². The molecule has 98 valence electrons. The standard InChI is InChI=1S/C11H12N6O2/c12-16-13-5-9(18)7-19-10-3-1-8(2-4-10)11-6-14-17-15-11/h1-4,6,9,18H,5,7H2,(H,14,15,17). The molecule has 19 heavy (non-hydrogen) atoms. The van der Waals surface area contributed by atoms with Crippen LogP contribution in [0.15, 0.2) is 35.6 Å². The van der Waals surface area contributed by atoms with Crippen molar-refractivity contribution in [3.8, 4) is 17.0 Å². The Morgan fingerprint density at radius 2 is 2.21 bits per heavy atom. The summed E-state index contributed by atoms with van der Waals surface area (Å²) in [5.41, 5.74) is 9.77. The number of rotatable bonds is 6. The van der Waals surface area contributed by atoms with Gasteiger partial charge in [0.1, 0.15) is 18.1 Å². The lowest BCUT2D eigenvalue weighted by Gasteiger charge is -2.10. The Kier molecular flexibility index (Phi) is 4.33. The molecule has 0 aliphatic carbocycles. The summed E-state index contributed by atoms with van der Waals surface area (Å²) in [7, 11) is 0. The fraction of sp³-hybridized carbons (Fsp3) is 0.273. The van der Waals surface area contributed by atoms with Crippen LogP contribution in [-0.2, 0) is 0 Å². The lowest BCUT2D eigenvalue weighted by atomic mass is 10.2. The zero-order chi connectivity index (χ0) is 13.5. The maximum absolute atomic E-state index is 9.43. The molecule has 2 N–H and O–H groups in total. The van der Waals surface area contributed by atoms with Crippen LogP contribution in [0, 0.1) is 0 Å². The Hall–Kier alpha value is -2.57.